The van der Waals surface area contributed by atoms with Crippen molar-refractivity contribution in [3.05, 3.63) is 0 Å². The Bertz CT molecular complexity index is 285. The van der Waals surface area contributed by atoms with Gasteiger partial charge in [-0.25, -0.2) is 4.39 Å². The zero-order valence-electron chi connectivity index (χ0n) is 15.1. The van der Waals surface area contributed by atoms with Crippen LogP contribution in [0.15, 0.2) is 0 Å². The van der Waals surface area contributed by atoms with Crippen LogP contribution in [0.5, 0.6) is 0 Å². The van der Waals surface area contributed by atoms with Gasteiger partial charge in [0.15, 0.2) is 0 Å². The molecule has 24 heavy (non-hydrogen) atoms. The fourth-order valence-electron chi connectivity index (χ4n) is 1.69. The van der Waals surface area contributed by atoms with Crippen molar-refractivity contribution in [3.63, 3.8) is 0 Å². The average molecular weight is 352 g/mol. The molecule has 2 atom stereocenters. The van der Waals surface area contributed by atoms with Crippen molar-refractivity contribution >= 4 is 6.41 Å². The second-order valence-corrected chi connectivity index (χ2v) is 5.56. The fraction of sp³-hybridized carbons (Fsp3) is 0.938. The SMILES string of the molecule is CC(C)NCCOCCOCCOCCOC(C)C(F)CNC=O. The predicted molar refractivity (Wildman–Crippen MR) is 90.0 cm³/mol. The first-order chi connectivity index (χ1) is 11.6. The number of hydrogen-bond donors (Lipinski definition) is 2. The van der Waals surface area contributed by atoms with Gasteiger partial charge in [-0.05, 0) is 6.92 Å². The molecule has 0 radical (unpaired) electrons. The molecule has 0 aliphatic rings. The minimum Gasteiger partial charge on any atom is -0.378 e. The molecular weight excluding hydrogens is 319 g/mol. The third-order valence-electron chi connectivity index (χ3n) is 3.06. The first-order valence-electron chi connectivity index (χ1n) is 8.47. The van der Waals surface area contributed by atoms with Crippen LogP contribution in [-0.2, 0) is 23.7 Å². The van der Waals surface area contributed by atoms with Gasteiger partial charge >= 0.3 is 0 Å². The van der Waals surface area contributed by atoms with Crippen LogP contribution in [0.3, 0.4) is 0 Å². The summed E-state index contributed by atoms with van der Waals surface area (Å²) >= 11 is 0. The summed E-state index contributed by atoms with van der Waals surface area (Å²) in [6, 6.07) is 0.470. The van der Waals surface area contributed by atoms with Gasteiger partial charge in [-0.15, -0.1) is 0 Å². The molecule has 0 rings (SSSR count). The Morgan fingerprint density at radius 2 is 1.46 bits per heavy atom. The van der Waals surface area contributed by atoms with E-state index in [1.807, 2.05) is 0 Å². The third kappa shape index (κ3) is 16.1. The molecule has 0 saturated carbocycles. The molecule has 0 bridgehead atoms. The van der Waals surface area contributed by atoms with Gasteiger partial charge in [-0.1, -0.05) is 13.8 Å². The maximum absolute atomic E-state index is 13.4. The maximum Gasteiger partial charge on any atom is 0.207 e. The van der Waals surface area contributed by atoms with E-state index < -0.39 is 12.3 Å². The molecule has 0 spiro atoms. The van der Waals surface area contributed by atoms with Crippen molar-refractivity contribution in [2.24, 2.45) is 0 Å². The van der Waals surface area contributed by atoms with Gasteiger partial charge in [0, 0.05) is 12.6 Å². The smallest absolute Gasteiger partial charge is 0.207 e. The Labute approximate surface area is 144 Å². The lowest BCUT2D eigenvalue weighted by molar-refractivity contribution is -0.110. The van der Waals surface area contributed by atoms with E-state index in [1.54, 1.807) is 6.92 Å². The molecule has 2 unspecified atom stereocenters. The van der Waals surface area contributed by atoms with Gasteiger partial charge in [0.1, 0.15) is 6.17 Å². The average Bonchev–Trinajstić information content (AvgIpc) is 2.56. The summed E-state index contributed by atoms with van der Waals surface area (Å²) in [6.07, 6.45) is -1.34. The van der Waals surface area contributed by atoms with E-state index in [1.165, 1.54) is 0 Å². The predicted octanol–water partition coefficient (Wildman–Crippen LogP) is 0.523. The summed E-state index contributed by atoms with van der Waals surface area (Å²) in [7, 11) is 0. The lowest BCUT2D eigenvalue weighted by Crippen LogP contribution is -2.33. The molecule has 144 valence electrons. The largest absolute Gasteiger partial charge is 0.378 e. The summed E-state index contributed by atoms with van der Waals surface area (Å²) in [5.74, 6) is 0. The highest BCUT2D eigenvalue weighted by Crippen LogP contribution is 2.02. The van der Waals surface area contributed by atoms with E-state index in [-0.39, 0.29) is 6.54 Å². The van der Waals surface area contributed by atoms with Gasteiger partial charge < -0.3 is 29.6 Å². The van der Waals surface area contributed by atoms with Crippen LogP contribution >= 0.6 is 0 Å². The molecule has 0 fully saturated rings. The Hall–Kier alpha value is -0.800. The van der Waals surface area contributed by atoms with E-state index in [4.69, 9.17) is 18.9 Å². The van der Waals surface area contributed by atoms with E-state index in [2.05, 4.69) is 24.5 Å². The highest BCUT2D eigenvalue weighted by Gasteiger charge is 2.15. The first-order valence-corrected chi connectivity index (χ1v) is 8.47. The number of carbonyl (C=O) groups is 1. The minimum atomic E-state index is -1.23. The summed E-state index contributed by atoms with van der Waals surface area (Å²) in [5, 5.41) is 5.54. The van der Waals surface area contributed by atoms with Crippen LogP contribution in [0.2, 0.25) is 0 Å². The molecule has 0 aliphatic carbocycles. The molecule has 1 amide bonds. The van der Waals surface area contributed by atoms with E-state index in [0.717, 1.165) is 6.54 Å². The summed E-state index contributed by atoms with van der Waals surface area (Å²) in [5.41, 5.74) is 0. The van der Waals surface area contributed by atoms with Crippen molar-refractivity contribution in [2.75, 3.05) is 59.3 Å². The molecule has 2 N–H and O–H groups in total. The van der Waals surface area contributed by atoms with Crippen molar-refractivity contribution in [1.82, 2.24) is 10.6 Å². The normalized spacial score (nSPS) is 13.9. The van der Waals surface area contributed by atoms with Crippen LogP contribution < -0.4 is 10.6 Å². The number of amides is 1. The third-order valence-corrected chi connectivity index (χ3v) is 3.06. The number of hydrogen-bond acceptors (Lipinski definition) is 6. The summed E-state index contributed by atoms with van der Waals surface area (Å²) in [6.45, 7) is 9.98. The van der Waals surface area contributed by atoms with Crippen molar-refractivity contribution in [3.8, 4) is 0 Å². The number of ether oxygens (including phenoxy) is 4. The Kier molecular flexibility index (Phi) is 16.5. The van der Waals surface area contributed by atoms with Crippen LogP contribution in [0, 0.1) is 0 Å². The van der Waals surface area contributed by atoms with E-state index in [9.17, 15) is 9.18 Å². The Morgan fingerprint density at radius 3 is 2.00 bits per heavy atom. The van der Waals surface area contributed by atoms with Crippen molar-refractivity contribution in [1.29, 1.82) is 0 Å². The zero-order chi connectivity index (χ0) is 18.0. The second kappa shape index (κ2) is 17.0. The standard InChI is InChI=1S/C16H33FN2O5/c1-14(2)19-4-5-21-6-7-22-8-9-23-10-11-24-15(3)16(17)12-18-13-20/h13-16,19H,4-12H2,1-3H3,(H,18,20). The molecular formula is C16H33FN2O5. The molecule has 0 saturated heterocycles. The highest BCUT2D eigenvalue weighted by molar-refractivity contribution is 5.45. The topological polar surface area (TPSA) is 78.1 Å². The van der Waals surface area contributed by atoms with Crippen LogP contribution in [0.25, 0.3) is 0 Å². The van der Waals surface area contributed by atoms with E-state index >= 15 is 0 Å². The van der Waals surface area contributed by atoms with Gasteiger partial charge in [-0.3, -0.25) is 4.79 Å². The number of alkyl halides is 1. The molecule has 0 aliphatic heterocycles. The van der Waals surface area contributed by atoms with Gasteiger partial charge in [0.25, 0.3) is 0 Å². The van der Waals surface area contributed by atoms with Crippen molar-refractivity contribution < 1.29 is 28.1 Å². The maximum atomic E-state index is 13.4. The number of nitrogens with one attached hydrogen (secondary N) is 2. The molecule has 7 nitrogen and oxygen atoms in total. The minimum absolute atomic E-state index is 0.0467. The molecule has 0 aromatic carbocycles. The number of carbonyl (C=O) groups excluding carboxylic acids is 1. The Balaban J connectivity index is 3.21. The second-order valence-electron chi connectivity index (χ2n) is 5.56. The first kappa shape index (κ1) is 23.2. The molecule has 8 heteroatoms. The monoisotopic (exact) mass is 352 g/mol. The fourth-order valence-corrected chi connectivity index (χ4v) is 1.69. The number of halogens is 1. The van der Waals surface area contributed by atoms with E-state index in [0.29, 0.717) is 58.7 Å². The van der Waals surface area contributed by atoms with Crippen LogP contribution in [0.1, 0.15) is 20.8 Å². The lowest BCUT2D eigenvalue weighted by Gasteiger charge is -2.17. The highest BCUT2D eigenvalue weighted by atomic mass is 19.1. The van der Waals surface area contributed by atoms with Gasteiger partial charge in [-0.2, -0.15) is 0 Å². The summed E-state index contributed by atoms with van der Waals surface area (Å²) < 4.78 is 34.8. The quantitative estimate of drug-likeness (QED) is 0.277. The molecule has 0 aromatic rings. The molecule has 0 aromatic heterocycles. The Morgan fingerprint density at radius 1 is 0.917 bits per heavy atom. The number of rotatable bonds is 18. The summed E-state index contributed by atoms with van der Waals surface area (Å²) in [4.78, 5) is 10.1. The lowest BCUT2D eigenvalue weighted by atomic mass is 10.2. The van der Waals surface area contributed by atoms with Crippen LogP contribution in [0.4, 0.5) is 4.39 Å². The van der Waals surface area contributed by atoms with Gasteiger partial charge in [0.2, 0.25) is 6.41 Å². The van der Waals surface area contributed by atoms with Crippen molar-refractivity contribution in [2.45, 2.75) is 39.1 Å². The van der Waals surface area contributed by atoms with Gasteiger partial charge in [0.05, 0.1) is 58.9 Å². The van der Waals surface area contributed by atoms with Crippen LogP contribution in [-0.4, -0.2) is 84.1 Å². The molecule has 0 heterocycles. The zero-order valence-corrected chi connectivity index (χ0v) is 15.1.